The lowest BCUT2D eigenvalue weighted by Crippen LogP contribution is -2.28. The molecule has 0 spiro atoms. The van der Waals surface area contributed by atoms with E-state index in [4.69, 9.17) is 5.73 Å². The van der Waals surface area contributed by atoms with Gasteiger partial charge in [-0.05, 0) is 60.7 Å². The van der Waals surface area contributed by atoms with Crippen molar-refractivity contribution in [1.29, 1.82) is 0 Å². The van der Waals surface area contributed by atoms with Crippen molar-refractivity contribution in [1.82, 2.24) is 8.54 Å². The van der Waals surface area contributed by atoms with E-state index in [0.717, 1.165) is 28.8 Å². The number of fused-ring (bicyclic) bond motifs is 2. The summed E-state index contributed by atoms with van der Waals surface area (Å²) in [7, 11) is -2.43. The van der Waals surface area contributed by atoms with Gasteiger partial charge in [0.1, 0.15) is 0 Å². The third-order valence-electron chi connectivity index (χ3n) is 4.65. The van der Waals surface area contributed by atoms with E-state index in [1.165, 1.54) is 16.2 Å². The Kier molecular flexibility index (Phi) is 3.11. The van der Waals surface area contributed by atoms with Crippen molar-refractivity contribution in [3.63, 3.8) is 0 Å². The minimum atomic E-state index is -3.99. The second kappa shape index (κ2) is 4.98. The number of aromatic nitrogens is 2. The van der Waals surface area contributed by atoms with Crippen LogP contribution in [0.25, 0.3) is 11.0 Å². The lowest BCUT2D eigenvalue weighted by atomic mass is 10.1. The van der Waals surface area contributed by atoms with Gasteiger partial charge in [-0.15, -0.1) is 0 Å². The third kappa shape index (κ3) is 2.01. The summed E-state index contributed by atoms with van der Waals surface area (Å²) in [6, 6.07) is 9.93. The maximum absolute atomic E-state index is 13.1. The Balaban J connectivity index is 2.01. The quantitative estimate of drug-likeness (QED) is 0.717. The van der Waals surface area contributed by atoms with Gasteiger partial charge in [0.15, 0.2) is 0 Å². The van der Waals surface area contributed by atoms with E-state index in [9.17, 15) is 13.2 Å². The van der Waals surface area contributed by atoms with Gasteiger partial charge in [0.05, 0.1) is 15.9 Å². The highest BCUT2D eigenvalue weighted by molar-refractivity contribution is 7.90. The molecule has 0 aliphatic heterocycles. The predicted octanol–water partition coefficient (Wildman–Crippen LogP) is 1.65. The highest BCUT2D eigenvalue weighted by Crippen LogP contribution is 2.27. The summed E-state index contributed by atoms with van der Waals surface area (Å²) in [6.07, 6.45) is 2.88. The standard InChI is InChI=1S/C17H17N3O3S/c1-19-15-8-6-13(18)10-16(15)20(17(19)21)24(22,23)14-7-5-11-3-2-4-12(11)9-14/h5-10H,2-4,18H2,1H3. The maximum atomic E-state index is 13.1. The highest BCUT2D eigenvalue weighted by atomic mass is 32.2. The monoisotopic (exact) mass is 343 g/mol. The van der Waals surface area contributed by atoms with Gasteiger partial charge in [0.25, 0.3) is 10.0 Å². The Labute approximate surface area is 139 Å². The average molecular weight is 343 g/mol. The Bertz CT molecular complexity index is 1140. The van der Waals surface area contributed by atoms with Crippen molar-refractivity contribution in [3.8, 4) is 0 Å². The smallest absolute Gasteiger partial charge is 0.343 e. The maximum Gasteiger partial charge on any atom is 0.343 e. The highest BCUT2D eigenvalue weighted by Gasteiger charge is 2.26. The van der Waals surface area contributed by atoms with Crippen LogP contribution in [0.2, 0.25) is 0 Å². The van der Waals surface area contributed by atoms with Crippen LogP contribution in [-0.2, 0) is 29.9 Å². The summed E-state index contributed by atoms with van der Waals surface area (Å²) in [5.41, 5.74) is 8.65. The van der Waals surface area contributed by atoms with Gasteiger partial charge in [0.2, 0.25) is 0 Å². The lowest BCUT2D eigenvalue weighted by molar-refractivity contribution is 0.585. The Morgan fingerprint density at radius 1 is 1.00 bits per heavy atom. The Morgan fingerprint density at radius 2 is 1.75 bits per heavy atom. The second-order valence-electron chi connectivity index (χ2n) is 6.14. The van der Waals surface area contributed by atoms with Crippen LogP contribution >= 0.6 is 0 Å². The topological polar surface area (TPSA) is 87.1 Å². The van der Waals surface area contributed by atoms with Crippen LogP contribution in [0.3, 0.4) is 0 Å². The summed E-state index contributed by atoms with van der Waals surface area (Å²) in [5.74, 6) is 0. The predicted molar refractivity (Wildman–Crippen MR) is 92.6 cm³/mol. The molecule has 0 bridgehead atoms. The van der Waals surface area contributed by atoms with Crippen molar-refractivity contribution in [2.24, 2.45) is 7.05 Å². The molecule has 24 heavy (non-hydrogen) atoms. The van der Waals surface area contributed by atoms with Crippen molar-refractivity contribution in [3.05, 3.63) is 58.0 Å². The number of rotatable bonds is 2. The number of nitrogens with two attached hydrogens (primary N) is 1. The minimum Gasteiger partial charge on any atom is -0.399 e. The number of hydrogen-bond acceptors (Lipinski definition) is 4. The normalized spacial score (nSPS) is 14.2. The van der Waals surface area contributed by atoms with Gasteiger partial charge in [-0.25, -0.2) is 13.2 Å². The van der Waals surface area contributed by atoms with E-state index in [1.54, 1.807) is 31.3 Å². The van der Waals surface area contributed by atoms with Crippen LogP contribution in [0.1, 0.15) is 17.5 Å². The zero-order valence-corrected chi connectivity index (χ0v) is 14.0. The van der Waals surface area contributed by atoms with Crippen LogP contribution in [-0.4, -0.2) is 17.0 Å². The first-order chi connectivity index (χ1) is 11.4. The molecule has 6 nitrogen and oxygen atoms in total. The molecule has 1 aliphatic carbocycles. The third-order valence-corrected chi connectivity index (χ3v) is 6.33. The molecule has 3 aromatic rings. The minimum absolute atomic E-state index is 0.139. The molecule has 0 radical (unpaired) electrons. The molecule has 1 heterocycles. The average Bonchev–Trinajstić information content (AvgIpc) is 3.10. The van der Waals surface area contributed by atoms with Gasteiger partial charge in [-0.2, -0.15) is 3.97 Å². The van der Waals surface area contributed by atoms with Gasteiger partial charge >= 0.3 is 5.69 Å². The molecule has 0 saturated heterocycles. The number of benzene rings is 2. The molecular formula is C17H17N3O3S. The van der Waals surface area contributed by atoms with Gasteiger partial charge in [-0.3, -0.25) is 4.57 Å². The molecule has 2 N–H and O–H groups in total. The number of anilines is 1. The molecule has 124 valence electrons. The zero-order valence-electron chi connectivity index (χ0n) is 13.2. The molecule has 0 unspecified atom stereocenters. The van der Waals surface area contributed by atoms with Crippen molar-refractivity contribution in [2.45, 2.75) is 24.2 Å². The fraction of sp³-hybridized carbons (Fsp3) is 0.235. The van der Waals surface area contributed by atoms with E-state index in [-0.39, 0.29) is 4.90 Å². The molecule has 0 saturated carbocycles. The zero-order chi connectivity index (χ0) is 17.1. The summed E-state index contributed by atoms with van der Waals surface area (Å²) in [4.78, 5) is 12.7. The second-order valence-corrected chi connectivity index (χ2v) is 7.93. The molecule has 2 aromatic carbocycles. The number of hydrogen-bond donors (Lipinski definition) is 1. The summed E-state index contributed by atoms with van der Waals surface area (Å²) < 4.78 is 28.4. The van der Waals surface area contributed by atoms with Crippen LogP contribution in [0, 0.1) is 0 Å². The number of aryl methyl sites for hydroxylation is 3. The van der Waals surface area contributed by atoms with Crippen LogP contribution in [0.4, 0.5) is 5.69 Å². The molecular weight excluding hydrogens is 326 g/mol. The summed E-state index contributed by atoms with van der Waals surface area (Å²) in [5, 5.41) is 0. The number of nitrogen functional groups attached to an aromatic ring is 1. The summed E-state index contributed by atoms with van der Waals surface area (Å²) in [6.45, 7) is 0. The Morgan fingerprint density at radius 3 is 2.54 bits per heavy atom. The van der Waals surface area contributed by atoms with Crippen molar-refractivity contribution in [2.75, 3.05) is 5.73 Å². The first-order valence-corrected chi connectivity index (χ1v) is 9.18. The fourth-order valence-corrected chi connectivity index (χ4v) is 4.85. The molecule has 1 aromatic heterocycles. The molecule has 7 heteroatoms. The van der Waals surface area contributed by atoms with E-state index in [2.05, 4.69) is 0 Å². The van der Waals surface area contributed by atoms with Crippen LogP contribution in [0.15, 0.2) is 46.1 Å². The van der Waals surface area contributed by atoms with Crippen molar-refractivity contribution < 1.29 is 8.42 Å². The van der Waals surface area contributed by atoms with Gasteiger partial charge in [-0.1, -0.05) is 6.07 Å². The van der Waals surface area contributed by atoms with Crippen molar-refractivity contribution >= 4 is 26.7 Å². The summed E-state index contributed by atoms with van der Waals surface area (Å²) >= 11 is 0. The SMILES string of the molecule is Cn1c(=O)n(S(=O)(=O)c2ccc3c(c2)CCC3)c2cc(N)ccc21. The molecule has 0 fully saturated rings. The largest absolute Gasteiger partial charge is 0.399 e. The van der Waals surface area contributed by atoms with Crippen LogP contribution < -0.4 is 11.4 Å². The van der Waals surface area contributed by atoms with E-state index in [1.807, 2.05) is 6.07 Å². The molecule has 4 rings (SSSR count). The molecule has 1 aliphatic rings. The molecule has 0 amide bonds. The van der Waals surface area contributed by atoms with E-state index < -0.39 is 15.7 Å². The van der Waals surface area contributed by atoms with Crippen LogP contribution in [0.5, 0.6) is 0 Å². The fourth-order valence-electron chi connectivity index (χ4n) is 3.38. The number of imidazole rings is 1. The first kappa shape index (κ1) is 15.0. The Hall–Kier alpha value is -2.54. The van der Waals surface area contributed by atoms with Gasteiger partial charge < -0.3 is 5.73 Å². The van der Waals surface area contributed by atoms with Gasteiger partial charge in [0, 0.05) is 12.7 Å². The lowest BCUT2D eigenvalue weighted by Gasteiger charge is -2.08. The van der Waals surface area contributed by atoms with E-state index in [0.29, 0.717) is 16.7 Å². The van der Waals surface area contributed by atoms with E-state index >= 15 is 0 Å². The molecule has 0 atom stereocenters. The number of nitrogens with zero attached hydrogens (tertiary/aromatic N) is 2. The first-order valence-electron chi connectivity index (χ1n) is 7.74.